The van der Waals surface area contributed by atoms with Gasteiger partial charge >= 0.3 is 0 Å². The number of nitrogens with two attached hydrogens (primary N) is 1. The molecule has 1 amide bonds. The number of amides is 1. The van der Waals surface area contributed by atoms with Gasteiger partial charge in [0.05, 0.1) is 12.7 Å². The van der Waals surface area contributed by atoms with Crippen LogP contribution in [-0.2, 0) is 9.53 Å². The van der Waals surface area contributed by atoms with Crippen LogP contribution in [0.1, 0.15) is 51.4 Å². The minimum absolute atomic E-state index is 0.213. The first-order valence-electron chi connectivity index (χ1n) is 7.40. The quantitative estimate of drug-likeness (QED) is 0.718. The zero-order valence-corrected chi connectivity index (χ0v) is 11.0. The third-order valence-corrected chi connectivity index (χ3v) is 4.60. The van der Waals surface area contributed by atoms with E-state index in [4.69, 9.17) is 10.5 Å². The molecule has 4 heteroatoms. The fourth-order valence-electron chi connectivity index (χ4n) is 3.09. The lowest BCUT2D eigenvalue weighted by Crippen LogP contribution is -2.61. The molecule has 18 heavy (non-hydrogen) atoms. The molecule has 0 spiro atoms. The Bertz CT molecular complexity index is 320. The predicted octanol–water partition coefficient (Wildman–Crippen LogP) is 1.33. The fraction of sp³-hybridized carbons (Fsp3) is 0.929. The molecule has 3 aliphatic carbocycles. The first kappa shape index (κ1) is 12.4. The summed E-state index contributed by atoms with van der Waals surface area (Å²) in [6.45, 7) is 0.480. The van der Waals surface area contributed by atoms with E-state index >= 15 is 0 Å². The molecule has 1 atom stereocenters. The van der Waals surface area contributed by atoms with Crippen LogP contribution in [0.3, 0.4) is 0 Å². The normalized spacial score (nSPS) is 28.2. The van der Waals surface area contributed by atoms with Crippen molar-refractivity contribution in [2.75, 3.05) is 6.61 Å². The topological polar surface area (TPSA) is 64.4 Å². The van der Waals surface area contributed by atoms with Gasteiger partial charge in [-0.3, -0.25) is 10.1 Å². The van der Waals surface area contributed by atoms with Crippen LogP contribution >= 0.6 is 0 Å². The SMILES string of the molecule is NC(=O)C(COC1CCCC1)(NC1CC1)C1CC1. The molecule has 3 saturated carbocycles. The highest BCUT2D eigenvalue weighted by Crippen LogP contribution is 2.42. The Morgan fingerprint density at radius 1 is 1.17 bits per heavy atom. The standard InChI is InChI=1S/C14H24N2O2/c15-13(17)14(10-5-6-10,16-11-7-8-11)9-18-12-3-1-2-4-12/h10-12,16H,1-9H2,(H2,15,17). The number of hydrogen-bond donors (Lipinski definition) is 2. The average Bonchev–Trinajstić information content (AvgIpc) is 3.25. The van der Waals surface area contributed by atoms with Crippen molar-refractivity contribution >= 4 is 5.91 Å². The summed E-state index contributed by atoms with van der Waals surface area (Å²) in [5.74, 6) is 0.187. The summed E-state index contributed by atoms with van der Waals surface area (Å²) in [6.07, 6.45) is 9.71. The monoisotopic (exact) mass is 252 g/mol. The molecule has 3 rings (SSSR count). The van der Waals surface area contributed by atoms with Gasteiger partial charge in [0, 0.05) is 6.04 Å². The van der Waals surface area contributed by atoms with E-state index in [-0.39, 0.29) is 5.91 Å². The maximum atomic E-state index is 12.0. The maximum Gasteiger partial charge on any atom is 0.240 e. The van der Waals surface area contributed by atoms with Crippen molar-refractivity contribution in [1.29, 1.82) is 0 Å². The van der Waals surface area contributed by atoms with Gasteiger partial charge in [-0.1, -0.05) is 12.8 Å². The Morgan fingerprint density at radius 3 is 2.33 bits per heavy atom. The number of hydrogen-bond acceptors (Lipinski definition) is 3. The van der Waals surface area contributed by atoms with E-state index in [0.29, 0.717) is 24.7 Å². The van der Waals surface area contributed by atoms with Crippen molar-refractivity contribution < 1.29 is 9.53 Å². The highest BCUT2D eigenvalue weighted by atomic mass is 16.5. The molecule has 0 aliphatic heterocycles. The molecule has 0 aromatic heterocycles. The third-order valence-electron chi connectivity index (χ3n) is 4.60. The summed E-state index contributed by atoms with van der Waals surface area (Å²) in [4.78, 5) is 12.0. The Hall–Kier alpha value is -0.610. The van der Waals surface area contributed by atoms with E-state index in [9.17, 15) is 4.79 Å². The second kappa shape index (κ2) is 4.82. The van der Waals surface area contributed by atoms with Crippen LogP contribution in [0.25, 0.3) is 0 Å². The van der Waals surface area contributed by atoms with Gasteiger partial charge in [0.2, 0.25) is 5.91 Å². The van der Waals surface area contributed by atoms with Gasteiger partial charge in [-0.2, -0.15) is 0 Å². The van der Waals surface area contributed by atoms with E-state index in [2.05, 4.69) is 5.32 Å². The van der Waals surface area contributed by atoms with Gasteiger partial charge in [0.25, 0.3) is 0 Å². The fourth-order valence-corrected chi connectivity index (χ4v) is 3.09. The van der Waals surface area contributed by atoms with Crippen LogP contribution < -0.4 is 11.1 Å². The summed E-state index contributed by atoms with van der Waals surface area (Å²) >= 11 is 0. The lowest BCUT2D eigenvalue weighted by molar-refractivity contribution is -0.129. The van der Waals surface area contributed by atoms with E-state index in [1.165, 1.54) is 25.7 Å². The maximum absolute atomic E-state index is 12.0. The van der Waals surface area contributed by atoms with Crippen LogP contribution in [0.2, 0.25) is 0 Å². The molecule has 102 valence electrons. The highest BCUT2D eigenvalue weighted by molar-refractivity contribution is 5.86. The molecule has 3 N–H and O–H groups in total. The predicted molar refractivity (Wildman–Crippen MR) is 69.0 cm³/mol. The molecule has 0 saturated heterocycles. The van der Waals surface area contributed by atoms with Crippen LogP contribution in [0.4, 0.5) is 0 Å². The smallest absolute Gasteiger partial charge is 0.240 e. The summed E-state index contributed by atoms with van der Waals surface area (Å²) < 4.78 is 6.00. The number of ether oxygens (including phenoxy) is 1. The second-order valence-electron chi connectivity index (χ2n) is 6.25. The molecule has 0 heterocycles. The van der Waals surface area contributed by atoms with Crippen molar-refractivity contribution in [2.45, 2.75) is 69.1 Å². The largest absolute Gasteiger partial charge is 0.376 e. The van der Waals surface area contributed by atoms with Crippen LogP contribution in [0, 0.1) is 5.92 Å². The number of carbonyl (C=O) groups is 1. The van der Waals surface area contributed by atoms with Crippen molar-refractivity contribution in [2.24, 2.45) is 11.7 Å². The molecule has 1 unspecified atom stereocenters. The minimum Gasteiger partial charge on any atom is -0.376 e. The summed E-state index contributed by atoms with van der Waals surface area (Å²) in [6, 6.07) is 0.491. The van der Waals surface area contributed by atoms with E-state index in [1.807, 2.05) is 0 Å². The van der Waals surface area contributed by atoms with E-state index < -0.39 is 5.54 Å². The first-order chi connectivity index (χ1) is 8.71. The van der Waals surface area contributed by atoms with Crippen molar-refractivity contribution in [3.8, 4) is 0 Å². The lowest BCUT2D eigenvalue weighted by atomic mass is 9.92. The van der Waals surface area contributed by atoms with Gasteiger partial charge in [-0.05, 0) is 44.4 Å². The minimum atomic E-state index is -0.580. The number of rotatable bonds is 7. The Kier molecular flexibility index (Phi) is 3.32. The molecule has 4 nitrogen and oxygen atoms in total. The number of primary amides is 1. The lowest BCUT2D eigenvalue weighted by Gasteiger charge is -2.33. The van der Waals surface area contributed by atoms with Crippen molar-refractivity contribution in [3.05, 3.63) is 0 Å². The van der Waals surface area contributed by atoms with Crippen LogP contribution in [0.15, 0.2) is 0 Å². The zero-order valence-electron chi connectivity index (χ0n) is 11.0. The molecule has 3 fully saturated rings. The molecule has 0 aromatic rings. The Balaban J connectivity index is 1.64. The van der Waals surface area contributed by atoms with Gasteiger partial charge in [-0.15, -0.1) is 0 Å². The molecule has 0 aromatic carbocycles. The van der Waals surface area contributed by atoms with Gasteiger partial charge in [0.15, 0.2) is 0 Å². The Morgan fingerprint density at radius 2 is 1.83 bits per heavy atom. The van der Waals surface area contributed by atoms with Crippen LogP contribution in [0.5, 0.6) is 0 Å². The van der Waals surface area contributed by atoms with Gasteiger partial charge in [0.1, 0.15) is 5.54 Å². The third kappa shape index (κ3) is 2.54. The van der Waals surface area contributed by atoms with E-state index in [0.717, 1.165) is 25.7 Å². The summed E-state index contributed by atoms with van der Waals surface area (Å²) in [5.41, 5.74) is 5.11. The molecule has 3 aliphatic rings. The zero-order chi connectivity index (χ0) is 12.6. The average molecular weight is 252 g/mol. The van der Waals surface area contributed by atoms with Gasteiger partial charge in [-0.25, -0.2) is 0 Å². The Labute approximate surface area is 109 Å². The number of nitrogens with one attached hydrogen (secondary N) is 1. The van der Waals surface area contributed by atoms with E-state index in [1.54, 1.807) is 0 Å². The molecule has 0 bridgehead atoms. The highest BCUT2D eigenvalue weighted by Gasteiger charge is 2.52. The molecular weight excluding hydrogens is 228 g/mol. The van der Waals surface area contributed by atoms with Gasteiger partial charge < -0.3 is 10.5 Å². The van der Waals surface area contributed by atoms with Crippen molar-refractivity contribution in [1.82, 2.24) is 5.32 Å². The molecular formula is C14H24N2O2. The second-order valence-corrected chi connectivity index (χ2v) is 6.25. The number of carbonyl (C=O) groups excluding carboxylic acids is 1. The summed E-state index contributed by atoms with van der Waals surface area (Å²) in [5, 5.41) is 3.49. The van der Waals surface area contributed by atoms with Crippen molar-refractivity contribution in [3.63, 3.8) is 0 Å². The van der Waals surface area contributed by atoms with Crippen LogP contribution in [-0.4, -0.2) is 30.2 Å². The first-order valence-corrected chi connectivity index (χ1v) is 7.40. The summed E-state index contributed by atoms with van der Waals surface area (Å²) in [7, 11) is 0. The molecule has 0 radical (unpaired) electrons.